The summed E-state index contributed by atoms with van der Waals surface area (Å²) < 4.78 is 23.0. The lowest BCUT2D eigenvalue weighted by Gasteiger charge is -2.67. The van der Waals surface area contributed by atoms with Gasteiger partial charge in [-0.1, -0.05) is 32.9 Å². The first-order chi connectivity index (χ1) is 13.6. The van der Waals surface area contributed by atoms with E-state index in [1.807, 2.05) is 0 Å². The summed E-state index contributed by atoms with van der Waals surface area (Å²) in [6, 6.07) is 0. The van der Waals surface area contributed by atoms with Crippen molar-refractivity contribution in [1.82, 2.24) is 0 Å². The summed E-state index contributed by atoms with van der Waals surface area (Å²) in [6.45, 7) is 11.2. The van der Waals surface area contributed by atoms with E-state index in [1.54, 1.807) is 0 Å². The second-order valence-corrected chi connectivity index (χ2v) is 9.66. The van der Waals surface area contributed by atoms with E-state index in [4.69, 9.17) is 18.9 Å². The highest BCUT2D eigenvalue weighted by Gasteiger charge is 2.71. The average Bonchev–Trinajstić information content (AvgIpc) is 2.94. The van der Waals surface area contributed by atoms with Crippen molar-refractivity contribution in [2.75, 3.05) is 14.2 Å². The van der Waals surface area contributed by atoms with Crippen LogP contribution >= 0.6 is 0 Å². The fourth-order valence-corrected chi connectivity index (χ4v) is 6.50. The van der Waals surface area contributed by atoms with Gasteiger partial charge in [0, 0.05) is 17.9 Å². The molecular formula is C23H32O6. The van der Waals surface area contributed by atoms with E-state index in [2.05, 4.69) is 27.4 Å². The van der Waals surface area contributed by atoms with Crippen LogP contribution in [-0.4, -0.2) is 37.5 Å². The Kier molecular flexibility index (Phi) is 4.47. The van der Waals surface area contributed by atoms with Gasteiger partial charge in [0.25, 0.3) is 5.79 Å². The molecule has 0 aromatic rings. The van der Waals surface area contributed by atoms with Gasteiger partial charge in [-0.3, -0.25) is 4.79 Å². The van der Waals surface area contributed by atoms with Crippen molar-refractivity contribution in [3.63, 3.8) is 0 Å². The molecule has 2 saturated carbocycles. The monoisotopic (exact) mass is 404 g/mol. The molecule has 0 unspecified atom stereocenters. The molecule has 0 saturated heterocycles. The van der Waals surface area contributed by atoms with Gasteiger partial charge in [0.2, 0.25) is 0 Å². The number of ether oxygens (including phenoxy) is 4. The molecule has 0 bridgehead atoms. The molecule has 160 valence electrons. The van der Waals surface area contributed by atoms with Gasteiger partial charge in [-0.2, -0.15) is 0 Å². The Balaban J connectivity index is 1.89. The smallest absolute Gasteiger partial charge is 0.340 e. The molecule has 4 aliphatic rings. The highest BCUT2D eigenvalue weighted by molar-refractivity contribution is 5.93. The molecular weight excluding hydrogens is 372 g/mol. The Bertz CT molecular complexity index is 814. The van der Waals surface area contributed by atoms with Gasteiger partial charge in [0.15, 0.2) is 5.76 Å². The molecule has 2 aliphatic heterocycles. The Morgan fingerprint density at radius 2 is 1.97 bits per heavy atom. The van der Waals surface area contributed by atoms with E-state index in [9.17, 15) is 9.59 Å². The minimum Gasteiger partial charge on any atom is -0.483 e. The van der Waals surface area contributed by atoms with E-state index in [1.165, 1.54) is 19.8 Å². The van der Waals surface area contributed by atoms with Crippen molar-refractivity contribution in [3.8, 4) is 0 Å². The van der Waals surface area contributed by atoms with Crippen LogP contribution in [0.2, 0.25) is 0 Å². The summed E-state index contributed by atoms with van der Waals surface area (Å²) in [5.74, 6) is -1.80. The number of esters is 2. The molecule has 2 heterocycles. The van der Waals surface area contributed by atoms with Crippen LogP contribution in [0.5, 0.6) is 0 Å². The number of carbonyl (C=O) groups is 2. The third kappa shape index (κ3) is 2.38. The molecule has 0 radical (unpaired) electrons. The fourth-order valence-electron chi connectivity index (χ4n) is 6.50. The summed E-state index contributed by atoms with van der Waals surface area (Å²) in [6.07, 6.45) is 5.24. The van der Waals surface area contributed by atoms with Crippen molar-refractivity contribution in [3.05, 3.63) is 23.5 Å². The van der Waals surface area contributed by atoms with E-state index >= 15 is 0 Å². The SMILES string of the molecule is C=C1CCC[C@@]23OC4=C(C[C@]2(C)[C@@H](C)CC[C@]13C)C(=O)O[C@]4(CC(=O)OC)OC. The second kappa shape index (κ2) is 6.34. The zero-order valence-corrected chi connectivity index (χ0v) is 18.2. The lowest BCUT2D eigenvalue weighted by Crippen LogP contribution is -2.68. The first-order valence-electron chi connectivity index (χ1n) is 10.6. The molecule has 2 fully saturated rings. The zero-order valence-electron chi connectivity index (χ0n) is 18.2. The maximum Gasteiger partial charge on any atom is 0.340 e. The topological polar surface area (TPSA) is 71.1 Å². The maximum atomic E-state index is 12.9. The molecule has 0 aromatic carbocycles. The standard InChI is InChI=1S/C23H32O6/c1-14-8-7-10-23-20(14,3)11-9-15(2)21(23,4)12-16-18(28-23)22(27-6,29-19(16)25)13-17(24)26-5/h15H,1,7-13H2,2-6H3/t15-,20+,21+,22-,23-/m0/s1. The Morgan fingerprint density at radius 1 is 1.24 bits per heavy atom. The van der Waals surface area contributed by atoms with Crippen molar-refractivity contribution >= 4 is 11.9 Å². The third-order valence-electron chi connectivity index (χ3n) is 8.65. The Hall–Kier alpha value is -1.82. The van der Waals surface area contributed by atoms with E-state index in [0.717, 1.165) is 32.1 Å². The number of carbonyl (C=O) groups excluding carboxylic acids is 2. The number of cyclic esters (lactones) is 1. The summed E-state index contributed by atoms with van der Waals surface area (Å²) in [4.78, 5) is 25.0. The van der Waals surface area contributed by atoms with Crippen molar-refractivity contribution in [2.45, 2.75) is 77.1 Å². The van der Waals surface area contributed by atoms with E-state index in [0.29, 0.717) is 23.7 Å². The minimum atomic E-state index is -1.56. The highest BCUT2D eigenvalue weighted by atomic mass is 16.7. The van der Waals surface area contributed by atoms with Crippen LogP contribution in [0.4, 0.5) is 0 Å². The zero-order chi connectivity index (χ0) is 21.2. The van der Waals surface area contributed by atoms with Crippen LogP contribution < -0.4 is 0 Å². The van der Waals surface area contributed by atoms with E-state index in [-0.39, 0.29) is 17.3 Å². The minimum absolute atomic E-state index is 0.207. The predicted octanol–water partition coefficient (Wildman–Crippen LogP) is 4.04. The first kappa shape index (κ1) is 20.5. The van der Waals surface area contributed by atoms with Crippen LogP contribution in [0.15, 0.2) is 23.5 Å². The van der Waals surface area contributed by atoms with Crippen LogP contribution in [0.25, 0.3) is 0 Å². The van der Waals surface area contributed by atoms with Crippen molar-refractivity contribution < 1.29 is 28.5 Å². The van der Waals surface area contributed by atoms with Gasteiger partial charge in [-0.15, -0.1) is 0 Å². The Labute approximate surface area is 172 Å². The predicted molar refractivity (Wildman–Crippen MR) is 106 cm³/mol. The average molecular weight is 405 g/mol. The molecule has 4 rings (SSSR count). The Morgan fingerprint density at radius 3 is 2.62 bits per heavy atom. The van der Waals surface area contributed by atoms with Crippen LogP contribution in [-0.2, 0) is 28.5 Å². The first-order valence-corrected chi connectivity index (χ1v) is 10.6. The molecule has 0 amide bonds. The van der Waals surface area contributed by atoms with Gasteiger partial charge in [0.05, 0.1) is 12.7 Å². The van der Waals surface area contributed by atoms with Crippen LogP contribution in [0.1, 0.15) is 65.7 Å². The third-order valence-corrected chi connectivity index (χ3v) is 8.65. The quantitative estimate of drug-likeness (QED) is 0.522. The molecule has 29 heavy (non-hydrogen) atoms. The van der Waals surface area contributed by atoms with E-state index < -0.39 is 23.3 Å². The van der Waals surface area contributed by atoms with Gasteiger partial charge >= 0.3 is 11.9 Å². The van der Waals surface area contributed by atoms with Gasteiger partial charge in [0.1, 0.15) is 12.0 Å². The molecule has 6 nitrogen and oxygen atoms in total. The van der Waals surface area contributed by atoms with Crippen LogP contribution in [0, 0.1) is 16.7 Å². The lowest BCUT2D eigenvalue weighted by atomic mass is 9.42. The second-order valence-electron chi connectivity index (χ2n) is 9.66. The largest absolute Gasteiger partial charge is 0.483 e. The summed E-state index contributed by atoms with van der Waals surface area (Å²) in [5, 5.41) is 0. The summed E-state index contributed by atoms with van der Waals surface area (Å²) in [7, 11) is 2.74. The fraction of sp³-hybridized carbons (Fsp3) is 0.739. The normalized spacial score (nSPS) is 43.7. The molecule has 1 spiro atoms. The number of rotatable bonds is 3. The lowest BCUT2D eigenvalue weighted by molar-refractivity contribution is -0.265. The molecule has 6 heteroatoms. The number of methoxy groups -OCH3 is 2. The van der Waals surface area contributed by atoms with Crippen molar-refractivity contribution in [2.24, 2.45) is 16.7 Å². The van der Waals surface area contributed by atoms with Crippen LogP contribution in [0.3, 0.4) is 0 Å². The number of hydrogen-bond acceptors (Lipinski definition) is 6. The summed E-state index contributed by atoms with van der Waals surface area (Å²) in [5.41, 5.74) is 0.751. The summed E-state index contributed by atoms with van der Waals surface area (Å²) >= 11 is 0. The molecule has 5 atom stereocenters. The van der Waals surface area contributed by atoms with Gasteiger partial charge < -0.3 is 18.9 Å². The van der Waals surface area contributed by atoms with Crippen molar-refractivity contribution in [1.29, 1.82) is 0 Å². The van der Waals surface area contributed by atoms with Gasteiger partial charge in [-0.25, -0.2) is 4.79 Å². The maximum absolute atomic E-state index is 12.9. The highest BCUT2D eigenvalue weighted by Crippen LogP contribution is 2.70. The number of hydrogen-bond donors (Lipinski definition) is 0. The molecule has 0 N–H and O–H groups in total. The molecule has 0 aromatic heterocycles. The molecule has 2 aliphatic carbocycles. The van der Waals surface area contributed by atoms with Gasteiger partial charge in [-0.05, 0) is 44.4 Å².